The average Bonchev–Trinajstić information content (AvgIpc) is 3.25. The molecule has 0 spiro atoms. The van der Waals surface area contributed by atoms with Crippen LogP contribution in [0.25, 0.3) is 0 Å². The number of fused-ring (bicyclic) bond motifs is 1. The molecular formula is C23H25N3O2. The molecule has 5 nitrogen and oxygen atoms in total. The molecule has 0 radical (unpaired) electrons. The highest BCUT2D eigenvalue weighted by Gasteiger charge is 2.33. The number of amides is 1. The van der Waals surface area contributed by atoms with Crippen molar-refractivity contribution in [3.8, 4) is 0 Å². The summed E-state index contributed by atoms with van der Waals surface area (Å²) < 4.78 is 5.51. The second kappa shape index (κ2) is 7.80. The Bertz CT molecular complexity index is 931. The van der Waals surface area contributed by atoms with Gasteiger partial charge in [0.15, 0.2) is 0 Å². The van der Waals surface area contributed by atoms with Crippen molar-refractivity contribution in [3.63, 3.8) is 0 Å². The van der Waals surface area contributed by atoms with E-state index in [-0.39, 0.29) is 12.1 Å². The van der Waals surface area contributed by atoms with Gasteiger partial charge in [-0.2, -0.15) is 0 Å². The molecule has 1 aliphatic heterocycles. The lowest BCUT2D eigenvalue weighted by atomic mass is 10.0. The fraction of sp³-hybridized carbons (Fsp3) is 0.261. The second-order valence-corrected chi connectivity index (χ2v) is 6.87. The fourth-order valence-electron chi connectivity index (χ4n) is 3.75. The number of carbonyl (C=O) groups is 1. The summed E-state index contributed by atoms with van der Waals surface area (Å²) in [4.78, 5) is 17.4. The van der Waals surface area contributed by atoms with Crippen molar-refractivity contribution >= 4 is 17.3 Å². The molecule has 1 N–H and O–H groups in total. The predicted octanol–water partition coefficient (Wildman–Crippen LogP) is 4.89. The summed E-state index contributed by atoms with van der Waals surface area (Å²) in [5.74, 6) is 0.767. The number of hydrogen-bond acceptors (Lipinski definition) is 4. The van der Waals surface area contributed by atoms with E-state index in [0.717, 1.165) is 30.1 Å². The molecule has 0 saturated heterocycles. The van der Waals surface area contributed by atoms with E-state index in [1.165, 1.54) is 5.69 Å². The molecule has 0 unspecified atom stereocenters. The van der Waals surface area contributed by atoms with Crippen LogP contribution in [0.5, 0.6) is 0 Å². The molecule has 3 aromatic rings. The lowest BCUT2D eigenvalue weighted by Gasteiger charge is -2.38. The zero-order chi connectivity index (χ0) is 19.5. The van der Waals surface area contributed by atoms with Gasteiger partial charge in [-0.15, -0.1) is 0 Å². The summed E-state index contributed by atoms with van der Waals surface area (Å²) >= 11 is 0. The molecule has 5 heteroatoms. The molecule has 2 heterocycles. The first-order valence-electron chi connectivity index (χ1n) is 9.75. The molecule has 28 heavy (non-hydrogen) atoms. The molecule has 0 fully saturated rings. The van der Waals surface area contributed by atoms with Gasteiger partial charge in [-0.05, 0) is 55.8 Å². The summed E-state index contributed by atoms with van der Waals surface area (Å²) in [7, 11) is 0. The van der Waals surface area contributed by atoms with Crippen molar-refractivity contribution in [1.82, 2.24) is 4.90 Å². The van der Waals surface area contributed by atoms with E-state index < -0.39 is 0 Å². The van der Waals surface area contributed by atoms with Crippen LogP contribution in [0.2, 0.25) is 0 Å². The number of carbonyl (C=O) groups excluding carboxylic acids is 1. The van der Waals surface area contributed by atoms with Crippen LogP contribution in [0.1, 0.15) is 41.7 Å². The molecule has 1 atom stereocenters. The van der Waals surface area contributed by atoms with Crippen LogP contribution in [0.15, 0.2) is 71.3 Å². The van der Waals surface area contributed by atoms with Crippen molar-refractivity contribution < 1.29 is 9.21 Å². The van der Waals surface area contributed by atoms with Gasteiger partial charge in [-0.25, -0.2) is 0 Å². The van der Waals surface area contributed by atoms with Crippen molar-refractivity contribution in [3.05, 3.63) is 83.8 Å². The van der Waals surface area contributed by atoms with Gasteiger partial charge in [-0.1, -0.05) is 24.3 Å². The third kappa shape index (κ3) is 3.36. The highest BCUT2D eigenvalue weighted by Crippen LogP contribution is 2.34. The van der Waals surface area contributed by atoms with Gasteiger partial charge in [0.25, 0.3) is 5.91 Å². The zero-order valence-electron chi connectivity index (χ0n) is 16.3. The highest BCUT2D eigenvalue weighted by molar-refractivity contribution is 6.01. The van der Waals surface area contributed by atoms with Gasteiger partial charge in [0.05, 0.1) is 18.4 Å². The number of nitrogens with one attached hydrogen (secondary N) is 1. The van der Waals surface area contributed by atoms with Gasteiger partial charge in [-0.3, -0.25) is 4.79 Å². The number of anilines is 2. The van der Waals surface area contributed by atoms with E-state index in [0.29, 0.717) is 12.1 Å². The molecule has 1 aromatic heterocycles. The van der Waals surface area contributed by atoms with Crippen molar-refractivity contribution in [1.29, 1.82) is 0 Å². The molecule has 1 amide bonds. The number of furan rings is 1. The Morgan fingerprint density at radius 3 is 2.43 bits per heavy atom. The third-order valence-corrected chi connectivity index (χ3v) is 5.27. The van der Waals surface area contributed by atoms with Gasteiger partial charge in [0, 0.05) is 24.5 Å². The third-order valence-electron chi connectivity index (χ3n) is 5.27. The molecule has 1 aliphatic rings. The van der Waals surface area contributed by atoms with Gasteiger partial charge in [0.1, 0.15) is 11.9 Å². The average molecular weight is 375 g/mol. The molecular weight excluding hydrogens is 350 g/mol. The normalized spacial score (nSPS) is 15.9. The summed E-state index contributed by atoms with van der Waals surface area (Å²) in [6, 6.07) is 19.8. The maximum absolute atomic E-state index is 13.2. The van der Waals surface area contributed by atoms with E-state index in [1.807, 2.05) is 41.3 Å². The Labute approximate surface area is 165 Å². The van der Waals surface area contributed by atoms with Crippen LogP contribution in [-0.2, 0) is 6.54 Å². The van der Waals surface area contributed by atoms with E-state index in [9.17, 15) is 4.79 Å². The fourth-order valence-corrected chi connectivity index (χ4v) is 3.75. The largest absolute Gasteiger partial charge is 0.467 e. The molecule has 4 rings (SSSR count). The molecule has 2 aromatic carbocycles. The van der Waals surface area contributed by atoms with Crippen LogP contribution in [0, 0.1) is 0 Å². The summed E-state index contributed by atoms with van der Waals surface area (Å²) in [6.45, 7) is 6.65. The minimum absolute atomic E-state index is 0.00331. The minimum Gasteiger partial charge on any atom is -0.467 e. The van der Waals surface area contributed by atoms with E-state index in [4.69, 9.17) is 4.42 Å². The maximum Gasteiger partial charge on any atom is 0.258 e. The van der Waals surface area contributed by atoms with Gasteiger partial charge >= 0.3 is 0 Å². The summed E-state index contributed by atoms with van der Waals surface area (Å²) in [5, 5.41) is 3.53. The van der Waals surface area contributed by atoms with E-state index >= 15 is 0 Å². The minimum atomic E-state index is -0.252. The Kier molecular flexibility index (Phi) is 5.06. The molecule has 144 valence electrons. The Hall–Kier alpha value is -3.21. The van der Waals surface area contributed by atoms with Crippen LogP contribution < -0.4 is 10.2 Å². The van der Waals surface area contributed by atoms with Crippen LogP contribution in [0.4, 0.5) is 11.4 Å². The Balaban J connectivity index is 1.69. The van der Waals surface area contributed by atoms with Crippen LogP contribution in [0.3, 0.4) is 0 Å². The van der Waals surface area contributed by atoms with Crippen molar-refractivity contribution in [2.75, 3.05) is 23.3 Å². The van der Waals surface area contributed by atoms with Gasteiger partial charge < -0.3 is 19.5 Å². The smallest absolute Gasteiger partial charge is 0.258 e. The summed E-state index contributed by atoms with van der Waals surface area (Å²) in [5.41, 5.74) is 3.78. The van der Waals surface area contributed by atoms with E-state index in [2.05, 4.69) is 48.3 Å². The number of nitrogens with zero attached hydrogens (tertiary/aromatic N) is 2. The number of hydrogen-bond donors (Lipinski definition) is 1. The number of rotatable bonds is 6. The second-order valence-electron chi connectivity index (χ2n) is 6.87. The number of para-hydroxylation sites is 1. The van der Waals surface area contributed by atoms with Crippen molar-refractivity contribution in [2.45, 2.75) is 26.6 Å². The number of benzene rings is 2. The predicted molar refractivity (Wildman–Crippen MR) is 111 cm³/mol. The zero-order valence-corrected chi connectivity index (χ0v) is 16.3. The topological polar surface area (TPSA) is 48.7 Å². The Morgan fingerprint density at radius 1 is 1.00 bits per heavy atom. The van der Waals surface area contributed by atoms with Gasteiger partial charge in [0.2, 0.25) is 0 Å². The molecule has 0 saturated carbocycles. The first-order valence-corrected chi connectivity index (χ1v) is 9.75. The monoisotopic (exact) mass is 375 g/mol. The van der Waals surface area contributed by atoms with Crippen molar-refractivity contribution in [2.24, 2.45) is 0 Å². The molecule has 0 aliphatic carbocycles. The van der Waals surface area contributed by atoms with Crippen LogP contribution in [-0.4, -0.2) is 23.9 Å². The standard InChI is InChI=1S/C23H25N3O2/c1-3-25(4-2)18-13-11-17(12-14-18)22-24-21-10-6-5-9-20(21)23(27)26(22)16-19-8-7-15-28-19/h5-15,22,24H,3-4,16H2,1-2H3/t22-/m0/s1. The first-order chi connectivity index (χ1) is 13.7. The molecule has 0 bridgehead atoms. The quantitative estimate of drug-likeness (QED) is 0.666. The highest BCUT2D eigenvalue weighted by atomic mass is 16.3. The SMILES string of the molecule is CCN(CC)c1ccc([C@H]2Nc3ccccc3C(=O)N2Cc2ccco2)cc1. The first kappa shape index (κ1) is 18.2. The lowest BCUT2D eigenvalue weighted by molar-refractivity contribution is 0.0651. The van der Waals surface area contributed by atoms with E-state index in [1.54, 1.807) is 6.26 Å². The summed E-state index contributed by atoms with van der Waals surface area (Å²) in [6.07, 6.45) is 1.39. The lowest BCUT2D eigenvalue weighted by Crippen LogP contribution is -2.42. The maximum atomic E-state index is 13.2. The Morgan fingerprint density at radius 2 is 1.75 bits per heavy atom. The van der Waals surface area contributed by atoms with Crippen LogP contribution >= 0.6 is 0 Å².